The summed E-state index contributed by atoms with van der Waals surface area (Å²) in [6.07, 6.45) is 3.60. The van der Waals surface area contributed by atoms with Crippen LogP contribution >= 0.6 is 11.6 Å². The van der Waals surface area contributed by atoms with E-state index in [-0.39, 0.29) is 24.7 Å². The number of likely N-dealkylation sites (tertiary alicyclic amines) is 1. The molecule has 1 aromatic heterocycles. The molecule has 0 atom stereocenters. The molecule has 160 valence electrons. The van der Waals surface area contributed by atoms with E-state index in [1.165, 1.54) is 6.42 Å². The summed E-state index contributed by atoms with van der Waals surface area (Å²) in [5, 5.41) is 8.19. The van der Waals surface area contributed by atoms with Gasteiger partial charge < -0.3 is 10.2 Å². The van der Waals surface area contributed by atoms with Crippen LogP contribution in [0.2, 0.25) is 5.02 Å². The lowest BCUT2D eigenvalue weighted by molar-refractivity contribution is -0.133. The lowest BCUT2D eigenvalue weighted by Gasteiger charge is -2.26. The number of hydrogen-bond donors (Lipinski definition) is 1. The van der Waals surface area contributed by atoms with Gasteiger partial charge in [0.05, 0.1) is 11.4 Å². The van der Waals surface area contributed by atoms with Gasteiger partial charge in [-0.25, -0.2) is 4.68 Å². The van der Waals surface area contributed by atoms with E-state index < -0.39 is 0 Å². The molecule has 1 aliphatic rings. The molecule has 31 heavy (non-hydrogen) atoms. The Balaban J connectivity index is 1.51. The van der Waals surface area contributed by atoms with Crippen LogP contribution in [0.1, 0.15) is 32.1 Å². The van der Waals surface area contributed by atoms with Crippen LogP contribution in [0, 0.1) is 0 Å². The molecule has 4 rings (SSSR count). The zero-order valence-electron chi connectivity index (χ0n) is 17.3. The Hall–Kier alpha value is -3.12. The van der Waals surface area contributed by atoms with Crippen molar-refractivity contribution in [2.45, 2.75) is 32.1 Å². The van der Waals surface area contributed by atoms with E-state index in [1.807, 2.05) is 53.4 Å². The monoisotopic (exact) mass is 436 g/mol. The van der Waals surface area contributed by atoms with E-state index in [0.29, 0.717) is 10.8 Å². The summed E-state index contributed by atoms with van der Waals surface area (Å²) in [5.41, 5.74) is 2.42. The molecule has 3 aromatic rings. The predicted octanol–water partition coefficient (Wildman–Crippen LogP) is 4.92. The highest BCUT2D eigenvalue weighted by Crippen LogP contribution is 2.26. The number of halogens is 1. The highest BCUT2D eigenvalue weighted by atomic mass is 35.5. The van der Waals surface area contributed by atoms with Gasteiger partial charge in [0.1, 0.15) is 5.82 Å². The molecule has 0 radical (unpaired) electrons. The first kappa shape index (κ1) is 21.1. The molecule has 0 saturated carbocycles. The molecule has 1 aliphatic heterocycles. The van der Waals surface area contributed by atoms with Gasteiger partial charge in [-0.15, -0.1) is 0 Å². The maximum Gasteiger partial charge on any atom is 0.226 e. The molecule has 1 saturated heterocycles. The van der Waals surface area contributed by atoms with Gasteiger partial charge in [-0.05, 0) is 37.5 Å². The summed E-state index contributed by atoms with van der Waals surface area (Å²) in [4.78, 5) is 26.9. The average molecular weight is 437 g/mol. The van der Waals surface area contributed by atoms with E-state index in [1.54, 1.807) is 16.8 Å². The summed E-state index contributed by atoms with van der Waals surface area (Å²) in [5.74, 6) is 0.368. The van der Waals surface area contributed by atoms with Gasteiger partial charge in [-0.2, -0.15) is 5.10 Å². The molecular weight excluding hydrogens is 412 g/mol. The number of aromatic nitrogens is 2. The second-order valence-corrected chi connectivity index (χ2v) is 8.10. The Morgan fingerprint density at radius 2 is 1.71 bits per heavy atom. The number of piperidine rings is 1. The van der Waals surface area contributed by atoms with Crippen LogP contribution in [0.15, 0.2) is 60.7 Å². The number of nitrogens with one attached hydrogen (secondary N) is 1. The number of rotatable bonds is 6. The van der Waals surface area contributed by atoms with Crippen molar-refractivity contribution in [3.63, 3.8) is 0 Å². The third-order valence-corrected chi connectivity index (χ3v) is 5.61. The number of benzene rings is 2. The number of nitrogens with zero attached hydrogens (tertiary/aromatic N) is 3. The zero-order chi connectivity index (χ0) is 21.6. The highest BCUT2D eigenvalue weighted by Gasteiger charge is 2.19. The van der Waals surface area contributed by atoms with Crippen LogP contribution < -0.4 is 5.32 Å². The molecule has 0 unspecified atom stereocenters. The van der Waals surface area contributed by atoms with E-state index >= 15 is 0 Å². The van der Waals surface area contributed by atoms with E-state index in [4.69, 9.17) is 11.6 Å². The SMILES string of the molecule is O=C(CCC(=O)N1CCCCC1)Nc1cc(-c2ccccc2)nn1-c1cccc(Cl)c1. The smallest absolute Gasteiger partial charge is 0.226 e. The quantitative estimate of drug-likeness (QED) is 0.596. The number of carbonyl (C=O) groups is 2. The van der Waals surface area contributed by atoms with Crippen molar-refractivity contribution in [1.29, 1.82) is 0 Å². The number of carbonyl (C=O) groups excluding carboxylic acids is 2. The van der Waals surface area contributed by atoms with Crippen LogP contribution in [-0.4, -0.2) is 39.6 Å². The lowest BCUT2D eigenvalue weighted by atomic mass is 10.1. The minimum Gasteiger partial charge on any atom is -0.343 e. The fourth-order valence-corrected chi connectivity index (χ4v) is 3.94. The van der Waals surface area contributed by atoms with Crippen LogP contribution in [0.5, 0.6) is 0 Å². The van der Waals surface area contributed by atoms with Crippen LogP contribution in [-0.2, 0) is 9.59 Å². The van der Waals surface area contributed by atoms with Crippen molar-refractivity contribution in [1.82, 2.24) is 14.7 Å². The predicted molar refractivity (Wildman–Crippen MR) is 122 cm³/mol. The Labute approximate surface area is 186 Å². The van der Waals surface area contributed by atoms with E-state index in [0.717, 1.165) is 42.9 Å². The Bertz CT molecular complexity index is 1060. The number of amides is 2. The van der Waals surface area contributed by atoms with Crippen molar-refractivity contribution >= 4 is 29.2 Å². The summed E-state index contributed by atoms with van der Waals surface area (Å²) in [7, 11) is 0. The Kier molecular flexibility index (Phi) is 6.67. The average Bonchev–Trinajstić information content (AvgIpc) is 3.22. The Morgan fingerprint density at radius 3 is 2.45 bits per heavy atom. The largest absolute Gasteiger partial charge is 0.343 e. The van der Waals surface area contributed by atoms with Crippen molar-refractivity contribution in [2.75, 3.05) is 18.4 Å². The molecule has 0 spiro atoms. The third-order valence-electron chi connectivity index (χ3n) is 5.37. The maximum absolute atomic E-state index is 12.6. The maximum atomic E-state index is 12.6. The molecule has 7 heteroatoms. The number of hydrogen-bond acceptors (Lipinski definition) is 3. The molecule has 0 bridgehead atoms. The first-order valence-corrected chi connectivity index (χ1v) is 11.0. The molecular formula is C24H25ClN4O2. The van der Waals surface area contributed by atoms with Gasteiger partial charge in [-0.3, -0.25) is 9.59 Å². The minimum absolute atomic E-state index is 0.0446. The molecule has 6 nitrogen and oxygen atoms in total. The highest BCUT2D eigenvalue weighted by molar-refractivity contribution is 6.30. The van der Waals surface area contributed by atoms with Gasteiger partial charge in [0.25, 0.3) is 0 Å². The van der Waals surface area contributed by atoms with Gasteiger partial charge in [-0.1, -0.05) is 48.0 Å². The van der Waals surface area contributed by atoms with Crippen LogP contribution in [0.4, 0.5) is 5.82 Å². The van der Waals surface area contributed by atoms with Crippen LogP contribution in [0.3, 0.4) is 0 Å². The normalized spacial score (nSPS) is 13.8. The molecule has 2 aromatic carbocycles. The van der Waals surface area contributed by atoms with Crippen molar-refractivity contribution in [2.24, 2.45) is 0 Å². The molecule has 0 aliphatic carbocycles. The minimum atomic E-state index is -0.215. The van der Waals surface area contributed by atoms with Crippen molar-refractivity contribution in [3.8, 4) is 16.9 Å². The second kappa shape index (κ2) is 9.79. The van der Waals surface area contributed by atoms with Gasteiger partial charge in [0, 0.05) is 42.6 Å². The molecule has 1 N–H and O–H groups in total. The Morgan fingerprint density at radius 1 is 0.935 bits per heavy atom. The fourth-order valence-electron chi connectivity index (χ4n) is 3.75. The van der Waals surface area contributed by atoms with E-state index in [9.17, 15) is 9.59 Å². The second-order valence-electron chi connectivity index (χ2n) is 7.66. The number of anilines is 1. The molecule has 1 fully saturated rings. The van der Waals surface area contributed by atoms with Crippen molar-refractivity contribution in [3.05, 3.63) is 65.7 Å². The lowest BCUT2D eigenvalue weighted by Crippen LogP contribution is -2.35. The van der Waals surface area contributed by atoms with Gasteiger partial charge in [0.2, 0.25) is 11.8 Å². The van der Waals surface area contributed by atoms with E-state index in [2.05, 4.69) is 10.4 Å². The summed E-state index contributed by atoms with van der Waals surface area (Å²) >= 11 is 6.16. The van der Waals surface area contributed by atoms with Crippen molar-refractivity contribution < 1.29 is 9.59 Å². The molecule has 2 heterocycles. The fraction of sp³-hybridized carbons (Fsp3) is 0.292. The molecule has 2 amide bonds. The van der Waals surface area contributed by atoms with Gasteiger partial charge >= 0.3 is 0 Å². The summed E-state index contributed by atoms with van der Waals surface area (Å²) in [6, 6.07) is 18.9. The summed E-state index contributed by atoms with van der Waals surface area (Å²) < 4.78 is 1.67. The zero-order valence-corrected chi connectivity index (χ0v) is 18.0. The van der Waals surface area contributed by atoms with Gasteiger partial charge in [0.15, 0.2) is 0 Å². The standard InChI is InChI=1S/C24H25ClN4O2/c25-19-10-7-11-20(16-19)29-22(17-21(27-29)18-8-3-1-4-9-18)26-23(30)12-13-24(31)28-14-5-2-6-15-28/h1,3-4,7-11,16-17H,2,5-6,12-15H2,(H,26,30). The first-order chi connectivity index (χ1) is 15.1. The summed E-state index contributed by atoms with van der Waals surface area (Å²) in [6.45, 7) is 1.59. The topological polar surface area (TPSA) is 67.2 Å². The van der Waals surface area contributed by atoms with Crippen LogP contribution in [0.25, 0.3) is 16.9 Å². The first-order valence-electron chi connectivity index (χ1n) is 10.6. The third kappa shape index (κ3) is 5.33.